The van der Waals surface area contributed by atoms with Crippen molar-refractivity contribution in [1.82, 2.24) is 15.0 Å². The Bertz CT molecular complexity index is 1140. The van der Waals surface area contributed by atoms with E-state index in [1.165, 1.54) is 0 Å². The molecule has 2 aromatic heterocycles. The van der Waals surface area contributed by atoms with Crippen molar-refractivity contribution in [3.63, 3.8) is 0 Å². The van der Waals surface area contributed by atoms with Crippen LogP contribution in [-0.2, 0) is 4.79 Å². The monoisotopic (exact) mass is 416 g/mol. The molecular formula is C24H24N4O3. The topological polar surface area (TPSA) is 84.4 Å². The summed E-state index contributed by atoms with van der Waals surface area (Å²) in [4.78, 5) is 20.1. The second-order valence-electron chi connectivity index (χ2n) is 7.96. The second kappa shape index (κ2) is 8.35. The van der Waals surface area contributed by atoms with Gasteiger partial charge in [0.1, 0.15) is 17.3 Å². The molecule has 1 saturated heterocycles. The van der Waals surface area contributed by atoms with Gasteiger partial charge in [0.05, 0.1) is 0 Å². The van der Waals surface area contributed by atoms with Gasteiger partial charge in [-0.25, -0.2) is 4.98 Å². The van der Waals surface area contributed by atoms with Gasteiger partial charge >= 0.3 is 0 Å². The van der Waals surface area contributed by atoms with Crippen molar-refractivity contribution in [1.29, 1.82) is 0 Å². The maximum Gasteiger partial charge on any atom is 0.247 e. The molecule has 7 nitrogen and oxygen atoms in total. The maximum atomic E-state index is 13.2. The lowest BCUT2D eigenvalue weighted by molar-refractivity contribution is -0.122. The first-order valence-electron chi connectivity index (χ1n) is 10.6. The highest BCUT2D eigenvalue weighted by molar-refractivity contribution is 5.94. The molecule has 0 unspecified atom stereocenters. The molecule has 4 aromatic rings. The van der Waals surface area contributed by atoms with E-state index >= 15 is 0 Å². The van der Waals surface area contributed by atoms with Crippen LogP contribution in [0.25, 0.3) is 11.1 Å². The molecule has 0 aliphatic carbocycles. The molecule has 5 rings (SSSR count). The third-order valence-electron chi connectivity index (χ3n) is 5.80. The van der Waals surface area contributed by atoms with Crippen LogP contribution in [0.1, 0.15) is 42.0 Å². The van der Waals surface area contributed by atoms with Crippen LogP contribution in [-0.4, -0.2) is 34.0 Å². The van der Waals surface area contributed by atoms with Crippen LogP contribution in [0.5, 0.6) is 0 Å². The molecule has 158 valence electrons. The molecular weight excluding hydrogens is 392 g/mol. The van der Waals surface area contributed by atoms with Gasteiger partial charge in [-0.1, -0.05) is 47.6 Å². The first-order valence-corrected chi connectivity index (χ1v) is 10.6. The quantitative estimate of drug-likeness (QED) is 0.508. The SMILES string of the molecule is Cc1cc(NC(=O)[C@H](c2ccccc2)N2CCC(c3nc4ccccc4o3)CC2)no1. The van der Waals surface area contributed by atoms with Gasteiger partial charge in [-0.15, -0.1) is 0 Å². The highest BCUT2D eigenvalue weighted by atomic mass is 16.5. The van der Waals surface area contributed by atoms with Crippen molar-refractivity contribution in [3.8, 4) is 0 Å². The number of hydrogen-bond acceptors (Lipinski definition) is 6. The molecule has 0 saturated carbocycles. The van der Waals surface area contributed by atoms with E-state index in [1.54, 1.807) is 13.0 Å². The first kappa shape index (κ1) is 19.5. The number of nitrogens with one attached hydrogen (secondary N) is 1. The van der Waals surface area contributed by atoms with Crippen LogP contribution >= 0.6 is 0 Å². The number of fused-ring (bicyclic) bond motifs is 1. The molecule has 3 heterocycles. The van der Waals surface area contributed by atoms with E-state index in [2.05, 4.69) is 20.4 Å². The Labute approximate surface area is 180 Å². The van der Waals surface area contributed by atoms with Crippen molar-refractivity contribution in [3.05, 3.63) is 77.9 Å². The lowest BCUT2D eigenvalue weighted by Gasteiger charge is -2.36. The fourth-order valence-electron chi connectivity index (χ4n) is 4.25. The fraction of sp³-hybridized carbons (Fsp3) is 0.292. The van der Waals surface area contributed by atoms with Crippen molar-refractivity contribution >= 4 is 22.8 Å². The van der Waals surface area contributed by atoms with Crippen LogP contribution in [0, 0.1) is 6.92 Å². The number of likely N-dealkylation sites (tertiary alicyclic amines) is 1. The van der Waals surface area contributed by atoms with E-state index in [0.717, 1.165) is 48.5 Å². The van der Waals surface area contributed by atoms with Crippen molar-refractivity contribution in [2.45, 2.75) is 31.7 Å². The molecule has 0 radical (unpaired) electrons. The van der Waals surface area contributed by atoms with Gasteiger partial charge in [-0.05, 0) is 50.6 Å². The molecule has 31 heavy (non-hydrogen) atoms. The van der Waals surface area contributed by atoms with E-state index in [1.807, 2.05) is 54.6 Å². The minimum atomic E-state index is -0.400. The first-order chi connectivity index (χ1) is 15.2. The summed E-state index contributed by atoms with van der Waals surface area (Å²) >= 11 is 0. The minimum Gasteiger partial charge on any atom is -0.440 e. The number of oxazole rings is 1. The van der Waals surface area contributed by atoms with Gasteiger partial charge in [0.2, 0.25) is 5.91 Å². The number of nitrogens with zero attached hydrogens (tertiary/aromatic N) is 3. The summed E-state index contributed by atoms with van der Waals surface area (Å²) in [5, 5.41) is 6.81. The minimum absolute atomic E-state index is 0.111. The zero-order valence-electron chi connectivity index (χ0n) is 17.3. The number of aryl methyl sites for hydroxylation is 1. The standard InChI is InChI=1S/C24H24N4O3/c1-16-15-21(27-31-16)26-23(29)22(17-7-3-2-4-8-17)28-13-11-18(12-14-28)24-25-19-9-5-6-10-20(19)30-24/h2-10,15,18,22H,11-14H2,1H3,(H,26,27,29)/t22-/m0/s1. The second-order valence-corrected chi connectivity index (χ2v) is 7.96. The van der Waals surface area contributed by atoms with E-state index in [4.69, 9.17) is 8.94 Å². The Morgan fingerprint density at radius 1 is 1.10 bits per heavy atom. The summed E-state index contributed by atoms with van der Waals surface area (Å²) in [6.45, 7) is 3.34. The fourth-order valence-corrected chi connectivity index (χ4v) is 4.25. The summed E-state index contributed by atoms with van der Waals surface area (Å²) in [5.41, 5.74) is 2.68. The molecule has 1 atom stereocenters. The number of para-hydroxylation sites is 2. The molecule has 0 spiro atoms. The number of benzene rings is 2. The number of carbonyl (C=O) groups is 1. The smallest absolute Gasteiger partial charge is 0.247 e. The third-order valence-corrected chi connectivity index (χ3v) is 5.80. The van der Waals surface area contributed by atoms with E-state index in [9.17, 15) is 4.79 Å². The predicted molar refractivity (Wildman–Crippen MR) is 117 cm³/mol. The highest BCUT2D eigenvalue weighted by Crippen LogP contribution is 2.34. The van der Waals surface area contributed by atoms with Gasteiger partial charge in [-0.3, -0.25) is 9.69 Å². The van der Waals surface area contributed by atoms with Crippen molar-refractivity contribution < 1.29 is 13.7 Å². The summed E-state index contributed by atoms with van der Waals surface area (Å²) in [5.74, 6) is 2.02. The number of aromatic nitrogens is 2. The van der Waals surface area contributed by atoms with Crippen LogP contribution < -0.4 is 5.32 Å². The van der Waals surface area contributed by atoms with Gasteiger partial charge in [0.25, 0.3) is 0 Å². The number of carbonyl (C=O) groups excluding carboxylic acids is 1. The largest absolute Gasteiger partial charge is 0.440 e. The third kappa shape index (κ3) is 4.09. The normalized spacial score (nSPS) is 16.4. The highest BCUT2D eigenvalue weighted by Gasteiger charge is 2.33. The molecule has 1 fully saturated rings. The Kier molecular flexibility index (Phi) is 5.26. The Morgan fingerprint density at radius 2 is 1.84 bits per heavy atom. The molecule has 1 aliphatic heterocycles. The predicted octanol–water partition coefficient (Wildman–Crippen LogP) is 4.68. The Hall–Kier alpha value is -3.45. The van der Waals surface area contributed by atoms with Gasteiger partial charge in [0.15, 0.2) is 17.3 Å². The van der Waals surface area contributed by atoms with Crippen LogP contribution in [0.3, 0.4) is 0 Å². The van der Waals surface area contributed by atoms with Gasteiger partial charge < -0.3 is 14.3 Å². The summed E-state index contributed by atoms with van der Waals surface area (Å²) < 4.78 is 11.1. The maximum absolute atomic E-state index is 13.2. The molecule has 1 aliphatic rings. The summed E-state index contributed by atoms with van der Waals surface area (Å²) in [6.07, 6.45) is 1.76. The van der Waals surface area contributed by atoms with E-state index in [0.29, 0.717) is 11.6 Å². The molecule has 1 N–H and O–H groups in total. The van der Waals surface area contributed by atoms with Crippen molar-refractivity contribution in [2.75, 3.05) is 18.4 Å². The van der Waals surface area contributed by atoms with Crippen LogP contribution in [0.4, 0.5) is 5.82 Å². The lowest BCUT2D eigenvalue weighted by atomic mass is 9.93. The Morgan fingerprint density at radius 3 is 2.55 bits per heavy atom. The average Bonchev–Trinajstić information content (AvgIpc) is 3.41. The van der Waals surface area contributed by atoms with E-state index < -0.39 is 6.04 Å². The number of hydrogen-bond donors (Lipinski definition) is 1. The lowest BCUT2D eigenvalue weighted by Crippen LogP contribution is -2.41. The number of piperidine rings is 1. The van der Waals surface area contributed by atoms with Gasteiger partial charge in [0, 0.05) is 12.0 Å². The van der Waals surface area contributed by atoms with Crippen LogP contribution in [0.2, 0.25) is 0 Å². The zero-order valence-corrected chi connectivity index (χ0v) is 17.3. The Balaban J connectivity index is 1.33. The summed E-state index contributed by atoms with van der Waals surface area (Å²) in [6, 6.07) is 19.0. The molecule has 7 heteroatoms. The zero-order chi connectivity index (χ0) is 21.2. The van der Waals surface area contributed by atoms with E-state index in [-0.39, 0.29) is 11.8 Å². The van der Waals surface area contributed by atoms with Crippen LogP contribution in [0.15, 0.2) is 69.6 Å². The van der Waals surface area contributed by atoms with Crippen molar-refractivity contribution in [2.24, 2.45) is 0 Å². The van der Waals surface area contributed by atoms with Gasteiger partial charge in [-0.2, -0.15) is 0 Å². The molecule has 1 amide bonds. The average molecular weight is 416 g/mol. The molecule has 0 bridgehead atoms. The number of amides is 1. The number of rotatable bonds is 5. The summed E-state index contributed by atoms with van der Waals surface area (Å²) in [7, 11) is 0. The molecule has 2 aromatic carbocycles. The number of anilines is 1.